The molecule has 130 valence electrons. The van der Waals surface area contributed by atoms with Crippen molar-refractivity contribution in [2.24, 2.45) is 0 Å². The standard InChI is InChI=1S/C21H18ClN3S/c1-12-4-5-13(2)17(10-12)25-20-19-18(15-6-8-16(22)9-7-15)14(3)26-21(19)24-11-23-20/h4-11H,1-3H3,(H,23,24,25). The molecule has 3 nitrogen and oxygen atoms in total. The third-order valence-corrected chi connectivity index (χ3v) is 5.71. The van der Waals surface area contributed by atoms with Crippen LogP contribution >= 0.6 is 22.9 Å². The van der Waals surface area contributed by atoms with Gasteiger partial charge in [-0.25, -0.2) is 9.97 Å². The van der Waals surface area contributed by atoms with Crippen LogP contribution in [0.3, 0.4) is 0 Å². The summed E-state index contributed by atoms with van der Waals surface area (Å²) in [5.41, 5.74) is 5.74. The number of hydrogen-bond acceptors (Lipinski definition) is 4. The number of nitrogens with one attached hydrogen (secondary N) is 1. The number of hydrogen-bond donors (Lipinski definition) is 1. The molecule has 0 radical (unpaired) electrons. The predicted octanol–water partition coefficient (Wildman–Crippen LogP) is 6.68. The maximum atomic E-state index is 6.07. The van der Waals surface area contributed by atoms with Gasteiger partial charge in [0.1, 0.15) is 17.0 Å². The largest absolute Gasteiger partial charge is 0.339 e. The maximum Gasteiger partial charge on any atom is 0.143 e. The van der Waals surface area contributed by atoms with Crippen molar-refractivity contribution in [3.8, 4) is 11.1 Å². The molecule has 0 saturated carbocycles. The fraction of sp³-hybridized carbons (Fsp3) is 0.143. The van der Waals surface area contributed by atoms with E-state index in [1.807, 2.05) is 24.3 Å². The van der Waals surface area contributed by atoms with Crippen LogP contribution < -0.4 is 5.32 Å². The van der Waals surface area contributed by atoms with Crippen LogP contribution in [-0.2, 0) is 0 Å². The minimum Gasteiger partial charge on any atom is -0.339 e. The molecule has 0 saturated heterocycles. The van der Waals surface area contributed by atoms with Crippen molar-refractivity contribution in [3.05, 3.63) is 69.8 Å². The molecule has 0 spiro atoms. The number of aromatic nitrogens is 2. The van der Waals surface area contributed by atoms with Crippen LogP contribution in [0.4, 0.5) is 11.5 Å². The summed E-state index contributed by atoms with van der Waals surface area (Å²) in [7, 11) is 0. The molecule has 0 amide bonds. The summed E-state index contributed by atoms with van der Waals surface area (Å²) in [6.07, 6.45) is 1.62. The lowest BCUT2D eigenvalue weighted by Gasteiger charge is -2.12. The minimum atomic E-state index is 0.732. The van der Waals surface area contributed by atoms with E-state index in [9.17, 15) is 0 Å². The van der Waals surface area contributed by atoms with Crippen LogP contribution in [0.15, 0.2) is 48.8 Å². The molecule has 4 rings (SSSR count). The van der Waals surface area contributed by atoms with Gasteiger partial charge in [-0.2, -0.15) is 0 Å². The summed E-state index contributed by atoms with van der Waals surface area (Å²) < 4.78 is 0. The number of thiophene rings is 1. The monoisotopic (exact) mass is 379 g/mol. The average Bonchev–Trinajstić information content (AvgIpc) is 2.96. The first-order chi connectivity index (χ1) is 12.5. The molecule has 2 aromatic carbocycles. The number of halogens is 1. The van der Waals surface area contributed by atoms with Crippen molar-refractivity contribution in [2.75, 3.05) is 5.32 Å². The smallest absolute Gasteiger partial charge is 0.143 e. The van der Waals surface area contributed by atoms with E-state index < -0.39 is 0 Å². The van der Waals surface area contributed by atoms with Crippen molar-refractivity contribution >= 4 is 44.7 Å². The molecule has 5 heteroatoms. The Balaban J connectivity index is 1.90. The second-order valence-corrected chi connectivity index (χ2v) is 8.03. The minimum absolute atomic E-state index is 0.732. The Kier molecular flexibility index (Phi) is 4.39. The number of rotatable bonds is 3. The van der Waals surface area contributed by atoms with Crippen molar-refractivity contribution in [1.29, 1.82) is 0 Å². The van der Waals surface area contributed by atoms with E-state index in [1.54, 1.807) is 17.7 Å². The Labute approximate surface area is 161 Å². The molecular weight excluding hydrogens is 362 g/mol. The Morgan fingerprint density at radius 2 is 1.73 bits per heavy atom. The van der Waals surface area contributed by atoms with Crippen LogP contribution in [0.1, 0.15) is 16.0 Å². The number of benzene rings is 2. The molecule has 26 heavy (non-hydrogen) atoms. The maximum absolute atomic E-state index is 6.07. The van der Waals surface area contributed by atoms with Gasteiger partial charge in [0.15, 0.2) is 0 Å². The molecule has 2 heterocycles. The van der Waals surface area contributed by atoms with E-state index in [0.29, 0.717) is 0 Å². The highest BCUT2D eigenvalue weighted by Gasteiger charge is 2.17. The summed E-state index contributed by atoms with van der Waals surface area (Å²) >= 11 is 7.75. The van der Waals surface area contributed by atoms with Crippen LogP contribution in [0.5, 0.6) is 0 Å². The summed E-state index contributed by atoms with van der Waals surface area (Å²) in [5, 5.41) is 5.31. The predicted molar refractivity (Wildman–Crippen MR) is 112 cm³/mol. The first-order valence-electron chi connectivity index (χ1n) is 8.37. The van der Waals surface area contributed by atoms with E-state index in [0.717, 1.165) is 37.9 Å². The fourth-order valence-electron chi connectivity index (χ4n) is 3.10. The van der Waals surface area contributed by atoms with Gasteiger partial charge in [0.25, 0.3) is 0 Å². The fourth-order valence-corrected chi connectivity index (χ4v) is 4.24. The van der Waals surface area contributed by atoms with Crippen LogP contribution in [0.2, 0.25) is 5.02 Å². The quantitative estimate of drug-likeness (QED) is 0.431. The zero-order valence-electron chi connectivity index (χ0n) is 14.8. The molecule has 1 N–H and O–H groups in total. The zero-order valence-corrected chi connectivity index (χ0v) is 16.4. The van der Waals surface area contributed by atoms with E-state index in [4.69, 9.17) is 11.6 Å². The van der Waals surface area contributed by atoms with Gasteiger partial charge in [-0.15, -0.1) is 11.3 Å². The van der Waals surface area contributed by atoms with Crippen LogP contribution in [0, 0.1) is 20.8 Å². The molecule has 0 bridgehead atoms. The molecule has 4 aromatic rings. The summed E-state index contributed by atoms with van der Waals surface area (Å²) in [5.74, 6) is 0.831. The lowest BCUT2D eigenvalue weighted by atomic mass is 10.0. The van der Waals surface area contributed by atoms with E-state index in [1.165, 1.54) is 16.0 Å². The summed E-state index contributed by atoms with van der Waals surface area (Å²) in [4.78, 5) is 11.2. The SMILES string of the molecule is Cc1ccc(C)c(Nc2ncnc3sc(C)c(-c4ccc(Cl)cc4)c23)c1. The zero-order chi connectivity index (χ0) is 18.3. The van der Waals surface area contributed by atoms with Crippen LogP contribution in [0.25, 0.3) is 21.3 Å². The van der Waals surface area contributed by atoms with Gasteiger partial charge in [-0.1, -0.05) is 35.9 Å². The van der Waals surface area contributed by atoms with Crippen molar-refractivity contribution < 1.29 is 0 Å². The van der Waals surface area contributed by atoms with Gasteiger partial charge in [0.05, 0.1) is 5.39 Å². The topological polar surface area (TPSA) is 37.8 Å². The first-order valence-corrected chi connectivity index (χ1v) is 9.56. The normalized spacial score (nSPS) is 11.1. The van der Waals surface area contributed by atoms with Gasteiger partial charge < -0.3 is 5.32 Å². The molecule has 0 aliphatic heterocycles. The lowest BCUT2D eigenvalue weighted by Crippen LogP contribution is -1.98. The van der Waals surface area contributed by atoms with Crippen LogP contribution in [-0.4, -0.2) is 9.97 Å². The summed E-state index contributed by atoms with van der Waals surface area (Å²) in [6.45, 7) is 6.31. The number of anilines is 2. The Hall–Kier alpha value is -2.43. The highest BCUT2D eigenvalue weighted by Crippen LogP contribution is 2.41. The van der Waals surface area contributed by atoms with Crippen molar-refractivity contribution in [3.63, 3.8) is 0 Å². The van der Waals surface area contributed by atoms with Crippen molar-refractivity contribution in [1.82, 2.24) is 9.97 Å². The van der Waals surface area contributed by atoms with Crippen molar-refractivity contribution in [2.45, 2.75) is 20.8 Å². The van der Waals surface area contributed by atoms with E-state index >= 15 is 0 Å². The summed E-state index contributed by atoms with van der Waals surface area (Å²) in [6, 6.07) is 14.3. The van der Waals surface area contributed by atoms with Gasteiger partial charge >= 0.3 is 0 Å². The first kappa shape index (κ1) is 17.0. The molecule has 0 aliphatic rings. The van der Waals surface area contributed by atoms with Gasteiger partial charge in [-0.3, -0.25) is 0 Å². The molecule has 0 unspecified atom stereocenters. The Morgan fingerprint density at radius 3 is 2.50 bits per heavy atom. The molecule has 0 atom stereocenters. The van der Waals surface area contributed by atoms with E-state index in [-0.39, 0.29) is 0 Å². The Morgan fingerprint density at radius 1 is 0.962 bits per heavy atom. The van der Waals surface area contributed by atoms with Gasteiger partial charge in [-0.05, 0) is 55.7 Å². The van der Waals surface area contributed by atoms with Gasteiger partial charge in [0.2, 0.25) is 0 Å². The van der Waals surface area contributed by atoms with Gasteiger partial charge in [0, 0.05) is 21.2 Å². The Bertz CT molecular complexity index is 1100. The average molecular weight is 380 g/mol. The highest BCUT2D eigenvalue weighted by atomic mass is 35.5. The third kappa shape index (κ3) is 3.06. The molecular formula is C21H18ClN3S. The molecule has 0 aliphatic carbocycles. The number of fused-ring (bicyclic) bond motifs is 1. The molecule has 2 aromatic heterocycles. The third-order valence-electron chi connectivity index (χ3n) is 4.44. The number of aryl methyl sites for hydroxylation is 3. The lowest BCUT2D eigenvalue weighted by molar-refractivity contribution is 1.22. The number of nitrogens with zero attached hydrogens (tertiary/aromatic N) is 2. The second kappa shape index (κ2) is 6.71. The second-order valence-electron chi connectivity index (χ2n) is 6.39. The highest BCUT2D eigenvalue weighted by molar-refractivity contribution is 7.19. The van der Waals surface area contributed by atoms with E-state index in [2.05, 4.69) is 54.3 Å². The molecule has 0 fully saturated rings.